The number of aliphatic hydroxyl groups excluding tert-OH is 1. The summed E-state index contributed by atoms with van der Waals surface area (Å²) < 4.78 is 0. The molecular formula is C17H33NO2. The van der Waals surface area contributed by atoms with E-state index in [0.29, 0.717) is 12.5 Å². The van der Waals surface area contributed by atoms with Crippen molar-refractivity contribution in [3.05, 3.63) is 0 Å². The Hall–Kier alpha value is -0.570. The Morgan fingerprint density at radius 3 is 2.00 bits per heavy atom. The lowest BCUT2D eigenvalue weighted by molar-refractivity contribution is -0.125. The summed E-state index contributed by atoms with van der Waals surface area (Å²) in [6.45, 7) is 4.89. The van der Waals surface area contributed by atoms with Gasteiger partial charge in [0.25, 0.3) is 0 Å². The van der Waals surface area contributed by atoms with E-state index in [9.17, 15) is 9.90 Å². The number of hydrogen-bond donors (Lipinski definition) is 2. The number of hydrogen-bond acceptors (Lipinski definition) is 2. The lowest BCUT2D eigenvalue weighted by Crippen LogP contribution is -2.30. The fourth-order valence-electron chi connectivity index (χ4n) is 3.32. The average Bonchev–Trinajstić information content (AvgIpc) is 2.77. The molecule has 0 bridgehead atoms. The first-order chi connectivity index (χ1) is 9.70. The molecule has 0 radical (unpaired) electrons. The summed E-state index contributed by atoms with van der Waals surface area (Å²) in [7, 11) is 0. The summed E-state index contributed by atoms with van der Waals surface area (Å²) in [6.07, 6.45) is 11.7. The summed E-state index contributed by atoms with van der Waals surface area (Å²) in [5.41, 5.74) is 0. The van der Waals surface area contributed by atoms with Gasteiger partial charge in [-0.1, -0.05) is 65.2 Å². The summed E-state index contributed by atoms with van der Waals surface area (Å²) in [4.78, 5) is 11.9. The summed E-state index contributed by atoms with van der Waals surface area (Å²) >= 11 is 0. The second-order valence-corrected chi connectivity index (χ2v) is 6.30. The molecule has 3 nitrogen and oxygen atoms in total. The van der Waals surface area contributed by atoms with Crippen molar-refractivity contribution in [3.8, 4) is 0 Å². The summed E-state index contributed by atoms with van der Waals surface area (Å²) in [5.74, 6) is 0.299. The Morgan fingerprint density at radius 2 is 1.60 bits per heavy atom. The SMILES string of the molecule is CCCCCCC(CCCCCC)C1C(=O)NCC1O. The van der Waals surface area contributed by atoms with Crippen LogP contribution in [0.15, 0.2) is 0 Å². The first-order valence-corrected chi connectivity index (χ1v) is 8.66. The molecule has 1 saturated heterocycles. The summed E-state index contributed by atoms with van der Waals surface area (Å²) in [5, 5.41) is 12.9. The molecule has 1 heterocycles. The van der Waals surface area contributed by atoms with Crippen LogP contribution in [0.1, 0.15) is 78.1 Å². The fraction of sp³-hybridized carbons (Fsp3) is 0.941. The fourth-order valence-corrected chi connectivity index (χ4v) is 3.32. The molecule has 1 rings (SSSR count). The zero-order chi connectivity index (χ0) is 14.8. The van der Waals surface area contributed by atoms with Crippen LogP contribution in [0.4, 0.5) is 0 Å². The van der Waals surface area contributed by atoms with Gasteiger partial charge in [0.1, 0.15) is 0 Å². The van der Waals surface area contributed by atoms with Crippen molar-refractivity contribution in [2.45, 2.75) is 84.2 Å². The van der Waals surface area contributed by atoms with E-state index in [-0.39, 0.29) is 11.8 Å². The number of aliphatic hydroxyl groups is 1. The highest BCUT2D eigenvalue weighted by molar-refractivity contribution is 5.81. The molecule has 3 heteroatoms. The van der Waals surface area contributed by atoms with Gasteiger partial charge < -0.3 is 10.4 Å². The van der Waals surface area contributed by atoms with Crippen LogP contribution in [0.3, 0.4) is 0 Å². The molecule has 1 aliphatic rings. The minimum absolute atomic E-state index is 0.0773. The van der Waals surface area contributed by atoms with Gasteiger partial charge in [-0.05, 0) is 18.8 Å². The zero-order valence-electron chi connectivity index (χ0n) is 13.4. The van der Waals surface area contributed by atoms with Gasteiger partial charge in [0.15, 0.2) is 0 Å². The molecule has 2 unspecified atom stereocenters. The van der Waals surface area contributed by atoms with Gasteiger partial charge in [0.2, 0.25) is 5.91 Å². The van der Waals surface area contributed by atoms with Crippen molar-refractivity contribution in [1.82, 2.24) is 5.32 Å². The van der Waals surface area contributed by atoms with Crippen LogP contribution in [0.2, 0.25) is 0 Å². The molecule has 0 aromatic carbocycles. The number of nitrogens with one attached hydrogen (secondary N) is 1. The van der Waals surface area contributed by atoms with Gasteiger partial charge in [-0.3, -0.25) is 4.79 Å². The van der Waals surface area contributed by atoms with Crippen LogP contribution in [-0.2, 0) is 4.79 Å². The third kappa shape index (κ3) is 5.82. The average molecular weight is 283 g/mol. The maximum Gasteiger partial charge on any atom is 0.226 e. The van der Waals surface area contributed by atoms with Crippen molar-refractivity contribution < 1.29 is 9.90 Å². The van der Waals surface area contributed by atoms with E-state index in [1.165, 1.54) is 51.4 Å². The highest BCUT2D eigenvalue weighted by atomic mass is 16.3. The minimum atomic E-state index is -0.468. The number of carbonyl (C=O) groups excluding carboxylic acids is 1. The molecule has 1 aliphatic heterocycles. The molecule has 0 aliphatic carbocycles. The Balaban J connectivity index is 2.42. The summed E-state index contributed by atoms with van der Waals surface area (Å²) in [6, 6.07) is 0. The highest BCUT2D eigenvalue weighted by Crippen LogP contribution is 2.30. The normalized spacial score (nSPS) is 22.5. The van der Waals surface area contributed by atoms with Gasteiger partial charge >= 0.3 is 0 Å². The first-order valence-electron chi connectivity index (χ1n) is 8.66. The number of amides is 1. The molecule has 1 amide bonds. The molecule has 1 fully saturated rings. The van der Waals surface area contributed by atoms with Crippen LogP contribution >= 0.6 is 0 Å². The molecule has 0 spiro atoms. The van der Waals surface area contributed by atoms with Crippen molar-refractivity contribution in [2.75, 3.05) is 6.54 Å². The molecule has 0 aromatic rings. The van der Waals surface area contributed by atoms with Crippen molar-refractivity contribution in [2.24, 2.45) is 11.8 Å². The third-order valence-electron chi connectivity index (χ3n) is 4.57. The largest absolute Gasteiger partial charge is 0.390 e. The second-order valence-electron chi connectivity index (χ2n) is 6.30. The van der Waals surface area contributed by atoms with E-state index in [1.54, 1.807) is 0 Å². The molecule has 2 atom stereocenters. The van der Waals surface area contributed by atoms with Crippen molar-refractivity contribution in [1.29, 1.82) is 0 Å². The Morgan fingerprint density at radius 1 is 1.05 bits per heavy atom. The molecule has 20 heavy (non-hydrogen) atoms. The number of unbranched alkanes of at least 4 members (excludes halogenated alkanes) is 6. The molecule has 0 saturated carbocycles. The monoisotopic (exact) mass is 283 g/mol. The maximum absolute atomic E-state index is 11.9. The van der Waals surface area contributed by atoms with Crippen LogP contribution in [0.25, 0.3) is 0 Å². The van der Waals surface area contributed by atoms with Crippen molar-refractivity contribution >= 4 is 5.91 Å². The van der Waals surface area contributed by atoms with Crippen LogP contribution < -0.4 is 5.32 Å². The maximum atomic E-state index is 11.9. The number of carbonyl (C=O) groups is 1. The molecular weight excluding hydrogens is 250 g/mol. The van der Waals surface area contributed by atoms with Gasteiger partial charge in [0.05, 0.1) is 12.0 Å². The predicted octanol–water partition coefficient (Wildman–Crippen LogP) is 3.65. The number of rotatable bonds is 11. The van der Waals surface area contributed by atoms with Crippen molar-refractivity contribution in [3.63, 3.8) is 0 Å². The Labute approximate surface area is 124 Å². The van der Waals surface area contributed by atoms with Crippen LogP contribution in [-0.4, -0.2) is 23.7 Å². The Bertz CT molecular complexity index is 256. The highest BCUT2D eigenvalue weighted by Gasteiger charge is 2.38. The van der Waals surface area contributed by atoms with Gasteiger partial charge in [-0.2, -0.15) is 0 Å². The first kappa shape index (κ1) is 17.5. The van der Waals surface area contributed by atoms with E-state index in [2.05, 4.69) is 19.2 Å². The predicted molar refractivity (Wildman–Crippen MR) is 83.5 cm³/mol. The van der Waals surface area contributed by atoms with Crippen LogP contribution in [0, 0.1) is 11.8 Å². The van der Waals surface area contributed by atoms with Gasteiger partial charge in [-0.25, -0.2) is 0 Å². The van der Waals surface area contributed by atoms with Gasteiger partial charge in [-0.15, -0.1) is 0 Å². The lowest BCUT2D eigenvalue weighted by Gasteiger charge is -2.24. The Kier molecular flexibility index (Phi) is 8.92. The van der Waals surface area contributed by atoms with E-state index in [1.807, 2.05) is 0 Å². The van der Waals surface area contributed by atoms with E-state index >= 15 is 0 Å². The lowest BCUT2D eigenvalue weighted by atomic mass is 9.81. The van der Waals surface area contributed by atoms with E-state index in [0.717, 1.165) is 12.8 Å². The van der Waals surface area contributed by atoms with Crippen LogP contribution in [0.5, 0.6) is 0 Å². The second kappa shape index (κ2) is 10.2. The minimum Gasteiger partial charge on any atom is -0.390 e. The standard InChI is InChI=1S/C17H33NO2/c1-3-5-7-9-11-14(12-10-8-6-4-2)16-15(19)13-18-17(16)20/h14-16,19H,3-13H2,1-2H3,(H,18,20). The molecule has 118 valence electrons. The third-order valence-corrected chi connectivity index (χ3v) is 4.57. The molecule has 2 N–H and O–H groups in total. The van der Waals surface area contributed by atoms with Gasteiger partial charge in [0, 0.05) is 6.54 Å². The topological polar surface area (TPSA) is 49.3 Å². The van der Waals surface area contributed by atoms with E-state index in [4.69, 9.17) is 0 Å². The quantitative estimate of drug-likeness (QED) is 0.569. The smallest absolute Gasteiger partial charge is 0.226 e. The molecule has 0 aromatic heterocycles. The van der Waals surface area contributed by atoms with E-state index < -0.39 is 6.10 Å². The zero-order valence-corrected chi connectivity index (χ0v) is 13.4. The number of β-amino-alcohol motifs (C(OH)–C–C–N with tert-alkyl or cyclic N) is 1.